The quantitative estimate of drug-likeness (QED) is 0.115. The molecule has 0 saturated carbocycles. The third-order valence-corrected chi connectivity index (χ3v) is 7.89. The normalized spacial score (nSPS) is 12.2. The molecule has 0 spiro atoms. The number of hydrogen-bond donors (Lipinski definition) is 4. The first kappa shape index (κ1) is 30.1. The number of esters is 1. The van der Waals surface area contributed by atoms with Crippen molar-refractivity contribution >= 4 is 60.0 Å². The van der Waals surface area contributed by atoms with Gasteiger partial charge in [0.05, 0.1) is 48.4 Å². The molecule has 0 aliphatic heterocycles. The Morgan fingerprint density at radius 3 is 2.15 bits per heavy atom. The van der Waals surface area contributed by atoms with Gasteiger partial charge in [-0.3, -0.25) is 4.55 Å². The van der Waals surface area contributed by atoms with Crippen LogP contribution in [0.15, 0.2) is 78.8 Å². The third-order valence-electron chi connectivity index (χ3n) is 5.30. The molecule has 3 aromatic carbocycles. The summed E-state index contributed by atoms with van der Waals surface area (Å²) >= 11 is 0. The lowest BCUT2D eigenvalue weighted by Crippen LogP contribution is -2.10. The molecule has 15 nitrogen and oxygen atoms in total. The number of nitrogens with zero attached hydrogens (tertiary/aromatic N) is 4. The van der Waals surface area contributed by atoms with E-state index < -0.39 is 54.6 Å². The molecular formula is C23H24N6O9S2. The van der Waals surface area contributed by atoms with Crippen LogP contribution in [0.2, 0.25) is 0 Å². The summed E-state index contributed by atoms with van der Waals surface area (Å²) in [6.07, 6.45) is 0. The van der Waals surface area contributed by atoms with Crippen LogP contribution in [0.4, 0.5) is 34.1 Å². The van der Waals surface area contributed by atoms with Crippen LogP contribution in [0.25, 0.3) is 0 Å². The monoisotopic (exact) mass is 592 g/mol. The molecule has 0 saturated heterocycles. The summed E-state index contributed by atoms with van der Waals surface area (Å²) in [7, 11) is -6.26. The van der Waals surface area contributed by atoms with Crippen molar-refractivity contribution in [1.29, 1.82) is 0 Å². The molecule has 0 aromatic heterocycles. The van der Waals surface area contributed by atoms with Crippen molar-refractivity contribution in [2.24, 2.45) is 20.5 Å². The van der Waals surface area contributed by atoms with Crippen molar-refractivity contribution in [3.63, 3.8) is 0 Å². The summed E-state index contributed by atoms with van der Waals surface area (Å²) in [6, 6.07) is 10.5. The first-order valence-corrected chi connectivity index (χ1v) is 14.1. The summed E-state index contributed by atoms with van der Waals surface area (Å²) in [5.74, 6) is -1.23. The lowest BCUT2D eigenvalue weighted by Gasteiger charge is -2.11. The Balaban J connectivity index is 2.14. The number of azo groups is 2. The van der Waals surface area contributed by atoms with Crippen LogP contribution >= 0.6 is 0 Å². The highest BCUT2D eigenvalue weighted by Gasteiger charge is 2.23. The number of aliphatic hydroxyl groups is 1. The van der Waals surface area contributed by atoms with E-state index in [4.69, 9.17) is 26.0 Å². The van der Waals surface area contributed by atoms with E-state index in [0.717, 1.165) is 6.07 Å². The van der Waals surface area contributed by atoms with E-state index in [-0.39, 0.29) is 39.0 Å². The van der Waals surface area contributed by atoms with Gasteiger partial charge in [0.1, 0.15) is 33.4 Å². The van der Waals surface area contributed by atoms with Gasteiger partial charge in [0.2, 0.25) is 0 Å². The van der Waals surface area contributed by atoms with Crippen molar-refractivity contribution in [2.75, 3.05) is 38.0 Å². The SMILES string of the molecule is COC(=O)c1ccccc1N=Nc1cc(S(=O)(=O)O)c(N)c(N=Nc2ccc(S(=O)(=O)CCO)cc2OC)c1N. The van der Waals surface area contributed by atoms with E-state index in [1.165, 1.54) is 44.6 Å². The number of carbonyl (C=O) groups is 1. The minimum Gasteiger partial charge on any atom is -0.494 e. The molecule has 3 aromatic rings. The van der Waals surface area contributed by atoms with E-state index >= 15 is 0 Å². The first-order valence-electron chi connectivity index (χ1n) is 11.1. The molecule has 0 atom stereocenters. The maximum atomic E-state index is 12.3. The Morgan fingerprint density at radius 2 is 1.52 bits per heavy atom. The van der Waals surface area contributed by atoms with Gasteiger partial charge in [0.15, 0.2) is 9.84 Å². The fourth-order valence-electron chi connectivity index (χ4n) is 3.29. The zero-order valence-electron chi connectivity index (χ0n) is 21.0. The number of benzene rings is 3. The molecular weight excluding hydrogens is 568 g/mol. The lowest BCUT2D eigenvalue weighted by molar-refractivity contribution is 0.0601. The Morgan fingerprint density at radius 1 is 0.875 bits per heavy atom. The lowest BCUT2D eigenvalue weighted by atomic mass is 10.2. The number of anilines is 2. The average molecular weight is 593 g/mol. The second-order valence-electron chi connectivity index (χ2n) is 7.83. The van der Waals surface area contributed by atoms with Crippen LogP contribution < -0.4 is 16.2 Å². The van der Waals surface area contributed by atoms with Crippen molar-refractivity contribution in [1.82, 2.24) is 0 Å². The Kier molecular flexibility index (Phi) is 9.15. The predicted molar refractivity (Wildman–Crippen MR) is 143 cm³/mol. The first-order chi connectivity index (χ1) is 18.8. The molecule has 0 amide bonds. The minimum atomic E-state index is -4.90. The van der Waals surface area contributed by atoms with Crippen molar-refractivity contribution in [2.45, 2.75) is 9.79 Å². The number of ether oxygens (including phenoxy) is 2. The van der Waals surface area contributed by atoms with E-state index in [1.54, 1.807) is 12.1 Å². The Bertz CT molecular complexity index is 1720. The molecule has 40 heavy (non-hydrogen) atoms. The van der Waals surface area contributed by atoms with Crippen LogP contribution in [0.3, 0.4) is 0 Å². The number of sulfone groups is 1. The number of methoxy groups -OCH3 is 2. The summed E-state index contributed by atoms with van der Waals surface area (Å²) in [5.41, 5.74) is 10.7. The second-order valence-corrected chi connectivity index (χ2v) is 11.3. The second kappa shape index (κ2) is 12.2. The van der Waals surface area contributed by atoms with Gasteiger partial charge < -0.3 is 26.0 Å². The zero-order valence-corrected chi connectivity index (χ0v) is 22.7. The number of nitrogen functional groups attached to an aromatic ring is 2. The van der Waals surface area contributed by atoms with Crippen molar-refractivity contribution in [3.8, 4) is 5.75 Å². The van der Waals surface area contributed by atoms with E-state index in [1.807, 2.05) is 0 Å². The fraction of sp³-hybridized carbons (Fsp3) is 0.174. The largest absolute Gasteiger partial charge is 0.494 e. The number of nitrogens with two attached hydrogens (primary N) is 2. The van der Waals surface area contributed by atoms with Gasteiger partial charge in [-0.05, 0) is 30.3 Å². The highest BCUT2D eigenvalue weighted by molar-refractivity contribution is 7.91. The van der Waals surface area contributed by atoms with Crippen LogP contribution in [0.5, 0.6) is 5.75 Å². The van der Waals surface area contributed by atoms with Gasteiger partial charge >= 0.3 is 5.97 Å². The molecule has 17 heteroatoms. The standard InChI is InChI=1S/C23H24N6O9S2/c1-37-18-11-13(39(32,33)10-9-30)7-8-16(18)27-29-22-20(24)17(12-19(21(22)25)40(34,35)36)28-26-15-6-4-3-5-14(15)23(31)38-2/h3-8,11-12,30H,9-10,24-25H2,1-2H3,(H,34,35,36). The van der Waals surface area contributed by atoms with Crippen LogP contribution in [-0.4, -0.2) is 59.0 Å². The molecule has 0 unspecified atom stereocenters. The molecule has 0 radical (unpaired) electrons. The predicted octanol–water partition coefficient (Wildman–Crippen LogP) is 3.49. The Labute approximate surface area is 228 Å². The molecule has 3 rings (SSSR count). The summed E-state index contributed by atoms with van der Waals surface area (Å²) in [6.45, 7) is -0.581. The molecule has 0 aliphatic carbocycles. The summed E-state index contributed by atoms with van der Waals surface area (Å²) in [5, 5.41) is 24.7. The number of aliphatic hydroxyl groups excluding tert-OH is 1. The van der Waals surface area contributed by atoms with E-state index in [0.29, 0.717) is 0 Å². The zero-order chi connectivity index (χ0) is 29.7. The van der Waals surface area contributed by atoms with Gasteiger partial charge in [-0.25, -0.2) is 13.2 Å². The fourth-order valence-corrected chi connectivity index (χ4v) is 4.97. The minimum absolute atomic E-state index is 0.0108. The maximum Gasteiger partial charge on any atom is 0.340 e. The van der Waals surface area contributed by atoms with Gasteiger partial charge in [-0.15, -0.1) is 20.5 Å². The number of rotatable bonds is 10. The average Bonchev–Trinajstić information content (AvgIpc) is 2.91. The topological polar surface area (TPSA) is 246 Å². The molecule has 6 N–H and O–H groups in total. The van der Waals surface area contributed by atoms with Crippen molar-refractivity contribution in [3.05, 3.63) is 54.1 Å². The maximum absolute atomic E-state index is 12.3. The Hall–Kier alpha value is -4.45. The van der Waals surface area contributed by atoms with Crippen LogP contribution in [0, 0.1) is 0 Å². The van der Waals surface area contributed by atoms with Gasteiger partial charge in [-0.2, -0.15) is 8.42 Å². The summed E-state index contributed by atoms with van der Waals surface area (Å²) in [4.78, 5) is 11.1. The molecule has 0 heterocycles. The van der Waals surface area contributed by atoms with E-state index in [2.05, 4.69) is 20.5 Å². The third kappa shape index (κ3) is 6.57. The van der Waals surface area contributed by atoms with Gasteiger partial charge in [0, 0.05) is 6.07 Å². The molecule has 0 bridgehead atoms. The highest BCUT2D eigenvalue weighted by atomic mass is 32.2. The smallest absolute Gasteiger partial charge is 0.340 e. The van der Waals surface area contributed by atoms with Crippen LogP contribution in [0.1, 0.15) is 10.4 Å². The number of carbonyl (C=O) groups excluding carboxylic acids is 1. The van der Waals surface area contributed by atoms with Crippen molar-refractivity contribution < 1.29 is 40.8 Å². The van der Waals surface area contributed by atoms with Gasteiger partial charge in [0.25, 0.3) is 10.1 Å². The van der Waals surface area contributed by atoms with Gasteiger partial charge in [-0.1, -0.05) is 12.1 Å². The molecule has 0 aliphatic rings. The summed E-state index contributed by atoms with van der Waals surface area (Å²) < 4.78 is 68.2. The highest BCUT2D eigenvalue weighted by Crippen LogP contribution is 2.44. The molecule has 212 valence electrons. The molecule has 0 fully saturated rings. The van der Waals surface area contributed by atoms with Crippen LogP contribution in [-0.2, 0) is 24.7 Å². The number of hydrogen-bond acceptors (Lipinski definition) is 14. The van der Waals surface area contributed by atoms with E-state index in [9.17, 15) is 26.2 Å².